The topological polar surface area (TPSA) is 522 Å². The van der Waals surface area contributed by atoms with Crippen LogP contribution in [0.25, 0.3) is 0 Å². The zero-order valence-corrected chi connectivity index (χ0v) is 53.8. The molecule has 15 N–H and O–H groups in total. The number of phosphoric ester groups is 1. The highest BCUT2D eigenvalue weighted by atomic mass is 31.2. The summed E-state index contributed by atoms with van der Waals surface area (Å²) in [6.07, 6.45) is -15.9. The molecule has 0 aromatic heterocycles. The molecule has 3 aliphatic rings. The van der Waals surface area contributed by atoms with Gasteiger partial charge in [-0.3, -0.25) is 43.0 Å². The highest BCUT2D eigenvalue weighted by Gasteiger charge is 2.48. The quantitative estimate of drug-likeness (QED) is 0.0199. The van der Waals surface area contributed by atoms with Crippen molar-refractivity contribution < 1.29 is 141 Å². The van der Waals surface area contributed by atoms with Gasteiger partial charge in [0.25, 0.3) is 7.82 Å². The Morgan fingerprint density at radius 2 is 0.848 bits per heavy atom. The summed E-state index contributed by atoms with van der Waals surface area (Å²) in [6.45, 7) is 3.37. The van der Waals surface area contributed by atoms with Gasteiger partial charge in [0.05, 0.1) is 111 Å². The first-order chi connectivity index (χ1) is 43.5. The van der Waals surface area contributed by atoms with Gasteiger partial charge in [0.1, 0.15) is 73.1 Å². The van der Waals surface area contributed by atoms with Gasteiger partial charge < -0.3 is 139 Å². The van der Waals surface area contributed by atoms with Gasteiger partial charge >= 0.3 is 0 Å². The Morgan fingerprint density at radius 1 is 0.489 bits per heavy atom. The molecule has 3 aliphatic heterocycles. The molecule has 3 saturated heterocycles. The number of hydrogen-bond acceptors (Lipinski definition) is 30. The van der Waals surface area contributed by atoms with Gasteiger partial charge in [-0.25, -0.2) is 0 Å². The molecule has 0 aromatic rings. The summed E-state index contributed by atoms with van der Waals surface area (Å²) in [5.74, 6) is -3.94. The lowest BCUT2D eigenvalue weighted by molar-refractivity contribution is -0.272. The molecule has 0 aliphatic carbocycles. The number of nitrogens with one attached hydrogen (secondary N) is 6. The Balaban J connectivity index is 1.65. The number of phosphoric acid groups is 1. The number of ether oxygens (including phenoxy) is 9. The second-order valence-electron chi connectivity index (χ2n) is 22.6. The number of carbonyl (C=O) groups is 7. The van der Waals surface area contributed by atoms with Crippen molar-refractivity contribution >= 4 is 49.2 Å². The smallest absolute Gasteiger partial charge is 0.268 e. The van der Waals surface area contributed by atoms with Crippen LogP contribution in [0.3, 0.4) is 0 Å². The molecule has 3 fully saturated rings. The van der Waals surface area contributed by atoms with Gasteiger partial charge in [-0.1, -0.05) is 6.42 Å². The molecule has 0 saturated carbocycles. The fourth-order valence-corrected chi connectivity index (χ4v) is 10.4. The van der Waals surface area contributed by atoms with Crippen molar-refractivity contribution in [2.45, 2.75) is 165 Å². The summed E-state index contributed by atoms with van der Waals surface area (Å²) >= 11 is 0. The number of carbonyl (C=O) groups excluding carboxylic acids is 7. The van der Waals surface area contributed by atoms with Crippen LogP contribution in [0.2, 0.25) is 0 Å². The predicted molar refractivity (Wildman–Crippen MR) is 311 cm³/mol. The first-order valence-corrected chi connectivity index (χ1v) is 31.7. The van der Waals surface area contributed by atoms with Crippen molar-refractivity contribution in [1.29, 1.82) is 0 Å². The molecule has 16 unspecified atom stereocenters. The lowest BCUT2D eigenvalue weighted by Gasteiger charge is -2.42. The van der Waals surface area contributed by atoms with Crippen molar-refractivity contribution in [3.63, 3.8) is 0 Å². The molecule has 16 atom stereocenters. The normalized spacial score (nSPS) is 27.3. The summed E-state index contributed by atoms with van der Waals surface area (Å²) in [4.78, 5) is 104. The van der Waals surface area contributed by atoms with E-state index in [2.05, 4.69) is 31.9 Å². The monoisotopic (exact) mass is 1350 g/mol. The van der Waals surface area contributed by atoms with E-state index in [1.54, 1.807) is 20.8 Å². The van der Waals surface area contributed by atoms with Crippen molar-refractivity contribution in [1.82, 2.24) is 41.7 Å². The van der Waals surface area contributed by atoms with Crippen molar-refractivity contribution in [3.8, 4) is 0 Å². The maximum Gasteiger partial charge on any atom is 0.268 e. The maximum absolute atomic E-state index is 13.9. The van der Waals surface area contributed by atoms with Gasteiger partial charge in [0.15, 0.2) is 18.9 Å². The third-order valence-corrected chi connectivity index (χ3v) is 15.0. The van der Waals surface area contributed by atoms with Crippen LogP contribution in [-0.2, 0) is 89.8 Å². The number of aliphatic hydroxyl groups excluding tert-OH is 9. The third kappa shape index (κ3) is 31.0. The molecule has 7 amide bonds. The van der Waals surface area contributed by atoms with E-state index in [4.69, 9.17) is 51.7 Å². The molecule has 0 bridgehead atoms. The molecule has 0 radical (unpaired) electrons. The largest absolute Gasteiger partial charge is 0.756 e. The molecule has 37 nitrogen and oxygen atoms in total. The van der Waals surface area contributed by atoms with Crippen molar-refractivity contribution in [2.24, 2.45) is 0 Å². The van der Waals surface area contributed by atoms with Crippen LogP contribution in [0.5, 0.6) is 0 Å². The van der Waals surface area contributed by atoms with E-state index in [0.717, 1.165) is 0 Å². The standard InChI is InChI=1S/C54H99N8O29P/c1-32(66)58-42-48(76)45(73)35(29-63)88-51(42)84-23-20-81-17-11-55-38(69)26-61(27-39(70)56-12-18-82-21-24-85-52-43(59-33(2)67)49(77)46(74)36(30-64)89-52)14-15-62(41(72)10-8-7-9-16-87-92(79,80)91-54(4,5)6)28-40(71)57-13-19-83-22-25-86-53-44(60-34(3)68)50(78)47(75)37(31-65)90-53/h35-37,42-53,63-65,73-78H,7-31H2,1-6H3,(H,55,69)(H,56,70)(H,57,71)(H,58,66)(H,59,67)(H,60,68)(H,79,80)/p-1. The van der Waals surface area contributed by atoms with E-state index in [1.165, 1.54) is 30.6 Å². The maximum atomic E-state index is 13.9. The van der Waals surface area contributed by atoms with E-state index >= 15 is 0 Å². The van der Waals surface area contributed by atoms with E-state index < -0.39 is 186 Å². The highest BCUT2D eigenvalue weighted by Crippen LogP contribution is 2.43. The van der Waals surface area contributed by atoms with E-state index in [9.17, 15) is 89.0 Å². The Bertz CT molecular complexity index is 2190. The Labute approximate surface area is 533 Å². The van der Waals surface area contributed by atoms with E-state index in [-0.39, 0.29) is 118 Å². The minimum absolute atomic E-state index is 0.0477. The van der Waals surface area contributed by atoms with Gasteiger partial charge in [0, 0.05) is 59.9 Å². The van der Waals surface area contributed by atoms with Gasteiger partial charge in [0.2, 0.25) is 41.4 Å². The first-order valence-electron chi connectivity index (χ1n) is 30.2. The summed E-state index contributed by atoms with van der Waals surface area (Å²) in [5, 5.41) is 107. The number of amides is 7. The van der Waals surface area contributed by atoms with Crippen LogP contribution in [-0.4, -0.2) is 333 Å². The Hall–Kier alpha value is -4.36. The molecule has 92 heavy (non-hydrogen) atoms. The molecule has 0 spiro atoms. The van der Waals surface area contributed by atoms with Crippen molar-refractivity contribution in [3.05, 3.63) is 0 Å². The third-order valence-electron chi connectivity index (χ3n) is 13.8. The SMILES string of the molecule is CC(=O)NC1C(OCCOCCNC(=O)CN(CCN(CC(=O)NCCOCCOC2OC(CO)C(O)C(O)C2NC(C)=O)C(=O)CCCCCOP(=O)([O-])OC(C)(C)C)CC(=O)NCCOCCOC2OC(CO)C(O)C(O)C2NC(C)=O)OC(CO)C(O)C1O. The second-order valence-corrected chi connectivity index (χ2v) is 24.0. The van der Waals surface area contributed by atoms with Gasteiger partial charge in [-0.05, 0) is 33.6 Å². The fraction of sp³-hybridized carbons (Fsp3) is 0.870. The lowest BCUT2D eigenvalue weighted by Crippen LogP contribution is -2.64. The van der Waals surface area contributed by atoms with Crippen LogP contribution >= 0.6 is 7.82 Å². The van der Waals surface area contributed by atoms with E-state index in [1.807, 2.05) is 0 Å². The average Bonchev–Trinajstić information content (AvgIpc) is 0.845. The molecule has 3 heterocycles. The summed E-state index contributed by atoms with van der Waals surface area (Å²) in [5.41, 5.74) is -1.03. The number of hydrogen-bond donors (Lipinski definition) is 15. The highest BCUT2D eigenvalue weighted by molar-refractivity contribution is 7.45. The Morgan fingerprint density at radius 3 is 1.18 bits per heavy atom. The fourth-order valence-electron chi connectivity index (χ4n) is 9.37. The van der Waals surface area contributed by atoms with Crippen LogP contribution in [0.1, 0.15) is 67.2 Å². The van der Waals surface area contributed by atoms with Gasteiger partial charge in [-0.2, -0.15) is 0 Å². The summed E-state index contributed by atoms with van der Waals surface area (Å²) in [6, 6.07) is -3.53. The second kappa shape index (κ2) is 42.9. The van der Waals surface area contributed by atoms with Crippen molar-refractivity contribution in [2.75, 3.05) is 138 Å². The average molecular weight is 1350 g/mol. The molecular weight excluding hydrogens is 1260 g/mol. The van der Waals surface area contributed by atoms with Crippen LogP contribution in [0.4, 0.5) is 0 Å². The molecule has 534 valence electrons. The minimum Gasteiger partial charge on any atom is -0.756 e. The lowest BCUT2D eigenvalue weighted by atomic mass is 9.97. The zero-order chi connectivity index (χ0) is 68.6. The van der Waals surface area contributed by atoms with Crippen LogP contribution < -0.4 is 36.8 Å². The molecule has 3 rings (SSSR count). The van der Waals surface area contributed by atoms with Crippen LogP contribution in [0, 0.1) is 0 Å². The summed E-state index contributed by atoms with van der Waals surface area (Å²) < 4.78 is 72.4. The number of nitrogens with zero attached hydrogens (tertiary/aromatic N) is 2. The minimum atomic E-state index is -4.62. The molecule has 0 aromatic carbocycles. The van der Waals surface area contributed by atoms with E-state index in [0.29, 0.717) is 6.42 Å². The molecular formula is C54H98N8O29P-. The zero-order valence-electron chi connectivity index (χ0n) is 52.9. The summed E-state index contributed by atoms with van der Waals surface area (Å²) in [7, 11) is -4.62. The van der Waals surface area contributed by atoms with Gasteiger partial charge in [-0.15, -0.1) is 0 Å². The number of rotatable bonds is 44. The first kappa shape index (κ1) is 81.9. The molecule has 38 heteroatoms. The number of unbranched alkanes of at least 4 members (excludes halogenated alkanes) is 2. The van der Waals surface area contributed by atoms with Crippen LogP contribution in [0.15, 0.2) is 0 Å². The predicted octanol–water partition coefficient (Wildman–Crippen LogP) is -8.74. The number of aliphatic hydroxyl groups is 9. The Kier molecular flexibility index (Phi) is 38.2.